The minimum atomic E-state index is -0.331. The smallest absolute Gasteiger partial charge is 0.291 e. The Morgan fingerprint density at radius 1 is 1.14 bits per heavy atom. The first-order valence-corrected chi connectivity index (χ1v) is 9.91. The normalized spacial score (nSPS) is 11.3. The Labute approximate surface area is 172 Å². The minimum absolute atomic E-state index is 0.172. The summed E-state index contributed by atoms with van der Waals surface area (Å²) in [5.41, 5.74) is 2.71. The van der Waals surface area contributed by atoms with Crippen molar-refractivity contribution in [1.82, 2.24) is 14.3 Å². The van der Waals surface area contributed by atoms with Crippen LogP contribution in [0.15, 0.2) is 53.5 Å². The zero-order valence-corrected chi connectivity index (χ0v) is 17.0. The Balaban J connectivity index is 1.73. The van der Waals surface area contributed by atoms with Crippen LogP contribution < -0.4 is 10.9 Å². The van der Waals surface area contributed by atoms with E-state index >= 15 is 0 Å². The number of para-hydroxylation sites is 1. The molecule has 0 bridgehead atoms. The highest BCUT2D eigenvalue weighted by atomic mass is 35.5. The molecule has 0 radical (unpaired) electrons. The summed E-state index contributed by atoms with van der Waals surface area (Å²) >= 11 is 6.11. The fourth-order valence-electron chi connectivity index (χ4n) is 3.63. The molecule has 2 aromatic heterocycles. The van der Waals surface area contributed by atoms with Crippen LogP contribution in [0.2, 0.25) is 5.02 Å². The van der Waals surface area contributed by atoms with Crippen molar-refractivity contribution in [3.63, 3.8) is 0 Å². The summed E-state index contributed by atoms with van der Waals surface area (Å²) in [4.78, 5) is 25.7. The van der Waals surface area contributed by atoms with Gasteiger partial charge >= 0.3 is 0 Å². The quantitative estimate of drug-likeness (QED) is 0.533. The number of aromatic nitrogens is 3. The van der Waals surface area contributed by atoms with E-state index in [4.69, 9.17) is 11.6 Å². The first-order chi connectivity index (χ1) is 14.0. The maximum atomic E-state index is 13.2. The molecule has 0 unspecified atom stereocenters. The van der Waals surface area contributed by atoms with Gasteiger partial charge in [0.1, 0.15) is 12.1 Å². The Bertz CT molecular complexity index is 1290. The molecule has 0 atom stereocenters. The molecule has 2 aromatic carbocycles. The van der Waals surface area contributed by atoms with Crippen LogP contribution >= 0.6 is 11.6 Å². The Hall–Kier alpha value is -3.12. The number of nitrogens with zero attached hydrogens (tertiary/aromatic N) is 3. The zero-order valence-electron chi connectivity index (χ0n) is 16.3. The third-order valence-electron chi connectivity index (χ3n) is 5.06. The second kappa shape index (κ2) is 7.72. The van der Waals surface area contributed by atoms with Crippen LogP contribution in [0.3, 0.4) is 0 Å². The molecule has 1 amide bonds. The number of rotatable bonds is 5. The number of halogens is 1. The van der Waals surface area contributed by atoms with E-state index in [1.807, 2.05) is 35.8 Å². The molecule has 0 aliphatic rings. The number of hydrogen-bond acceptors (Lipinski definition) is 3. The summed E-state index contributed by atoms with van der Waals surface area (Å²) in [6, 6.07) is 13.2. The van der Waals surface area contributed by atoms with Crippen molar-refractivity contribution < 1.29 is 4.79 Å². The van der Waals surface area contributed by atoms with Gasteiger partial charge < -0.3 is 9.88 Å². The maximum Gasteiger partial charge on any atom is 0.291 e. The van der Waals surface area contributed by atoms with Crippen LogP contribution in [0.25, 0.3) is 21.8 Å². The lowest BCUT2D eigenvalue weighted by molar-refractivity contribution is -0.117. The van der Waals surface area contributed by atoms with Gasteiger partial charge in [0, 0.05) is 33.5 Å². The van der Waals surface area contributed by atoms with E-state index in [9.17, 15) is 9.59 Å². The number of amides is 1. The Morgan fingerprint density at radius 2 is 1.93 bits per heavy atom. The predicted octanol–water partition coefficient (Wildman–Crippen LogP) is 4.36. The summed E-state index contributed by atoms with van der Waals surface area (Å²) < 4.78 is 3.23. The number of carbonyl (C=O) groups excluding carboxylic acids is 1. The average molecular weight is 409 g/mol. The monoisotopic (exact) mass is 408 g/mol. The summed E-state index contributed by atoms with van der Waals surface area (Å²) in [5, 5.41) is 9.44. The maximum absolute atomic E-state index is 13.2. The molecule has 0 spiro atoms. The van der Waals surface area contributed by atoms with Crippen molar-refractivity contribution in [1.29, 1.82) is 0 Å². The summed E-state index contributed by atoms with van der Waals surface area (Å²) in [7, 11) is 0. The summed E-state index contributed by atoms with van der Waals surface area (Å²) in [6.45, 7) is 4.45. The van der Waals surface area contributed by atoms with Crippen molar-refractivity contribution >= 4 is 45.0 Å². The lowest BCUT2D eigenvalue weighted by atomic mass is 10.2. The van der Waals surface area contributed by atoms with Crippen molar-refractivity contribution in [2.24, 2.45) is 0 Å². The first-order valence-electron chi connectivity index (χ1n) is 9.53. The van der Waals surface area contributed by atoms with Gasteiger partial charge in [-0.15, -0.1) is 0 Å². The van der Waals surface area contributed by atoms with Gasteiger partial charge in [-0.25, -0.2) is 4.68 Å². The lowest BCUT2D eigenvalue weighted by Crippen LogP contribution is -2.30. The number of nitrogens with one attached hydrogen (secondary N) is 1. The molecular formula is C22H21ClN4O2. The van der Waals surface area contributed by atoms with Crippen LogP contribution in [-0.4, -0.2) is 20.3 Å². The van der Waals surface area contributed by atoms with Gasteiger partial charge in [0.2, 0.25) is 5.91 Å². The van der Waals surface area contributed by atoms with Crippen LogP contribution in [0.4, 0.5) is 5.69 Å². The van der Waals surface area contributed by atoms with E-state index in [2.05, 4.69) is 17.3 Å². The van der Waals surface area contributed by atoms with Gasteiger partial charge in [0.05, 0.1) is 6.20 Å². The van der Waals surface area contributed by atoms with Crippen molar-refractivity contribution in [2.75, 3.05) is 5.32 Å². The molecule has 0 fully saturated rings. The third-order valence-corrected chi connectivity index (χ3v) is 5.47. The standard InChI is InChI=1S/C22H21ClN4O2/c1-3-11-26-19-10-5-4-7-15(19)16-12-24-27(22(29)21(16)26)13-20(28)25-18-9-6-8-17(23)14(18)2/h4-10,12H,3,11,13H2,1-2H3,(H,25,28). The summed E-state index contributed by atoms with van der Waals surface area (Å²) in [6.07, 6.45) is 2.56. The fourth-order valence-corrected chi connectivity index (χ4v) is 3.81. The molecule has 4 rings (SSSR count). The summed E-state index contributed by atoms with van der Waals surface area (Å²) in [5.74, 6) is -0.331. The van der Waals surface area contributed by atoms with E-state index in [0.29, 0.717) is 16.2 Å². The van der Waals surface area contributed by atoms with Crippen molar-refractivity contribution in [3.05, 3.63) is 69.6 Å². The SMILES string of the molecule is CCCn1c2ccccc2c2cnn(CC(=O)Nc3cccc(Cl)c3C)c(=O)c21. The number of anilines is 1. The van der Waals surface area contributed by atoms with E-state index in [1.54, 1.807) is 24.4 Å². The topological polar surface area (TPSA) is 68.9 Å². The van der Waals surface area contributed by atoms with Crippen molar-refractivity contribution in [2.45, 2.75) is 33.4 Å². The second-order valence-corrected chi connectivity index (χ2v) is 7.41. The van der Waals surface area contributed by atoms with Crippen LogP contribution in [0.1, 0.15) is 18.9 Å². The molecule has 7 heteroatoms. The van der Waals surface area contributed by atoms with E-state index in [-0.39, 0.29) is 18.0 Å². The highest BCUT2D eigenvalue weighted by Gasteiger charge is 2.17. The molecule has 4 aromatic rings. The van der Waals surface area contributed by atoms with Crippen molar-refractivity contribution in [3.8, 4) is 0 Å². The average Bonchev–Trinajstić information content (AvgIpc) is 3.03. The molecule has 0 aliphatic heterocycles. The van der Waals surface area contributed by atoms with E-state index in [0.717, 1.165) is 34.8 Å². The number of hydrogen-bond donors (Lipinski definition) is 1. The van der Waals surface area contributed by atoms with Crippen LogP contribution in [-0.2, 0) is 17.9 Å². The number of carbonyl (C=O) groups is 1. The fraction of sp³-hybridized carbons (Fsp3) is 0.227. The van der Waals surface area contributed by atoms with Crippen LogP contribution in [0, 0.1) is 6.92 Å². The molecule has 0 saturated carbocycles. The highest BCUT2D eigenvalue weighted by molar-refractivity contribution is 6.31. The number of fused-ring (bicyclic) bond motifs is 3. The molecule has 6 nitrogen and oxygen atoms in total. The number of aryl methyl sites for hydroxylation is 1. The van der Waals surface area contributed by atoms with E-state index < -0.39 is 0 Å². The van der Waals surface area contributed by atoms with Gasteiger partial charge in [0.15, 0.2) is 0 Å². The van der Waals surface area contributed by atoms with Gasteiger partial charge in [-0.3, -0.25) is 9.59 Å². The van der Waals surface area contributed by atoms with Crippen LogP contribution in [0.5, 0.6) is 0 Å². The van der Waals surface area contributed by atoms with Gasteiger partial charge in [-0.1, -0.05) is 42.8 Å². The van der Waals surface area contributed by atoms with Gasteiger partial charge in [-0.2, -0.15) is 5.10 Å². The Kier molecular flexibility index (Phi) is 5.11. The first kappa shape index (κ1) is 19.2. The molecule has 2 heterocycles. The highest BCUT2D eigenvalue weighted by Crippen LogP contribution is 2.26. The molecular weight excluding hydrogens is 388 g/mol. The largest absolute Gasteiger partial charge is 0.336 e. The molecule has 1 N–H and O–H groups in total. The van der Waals surface area contributed by atoms with Gasteiger partial charge in [0.25, 0.3) is 5.56 Å². The predicted molar refractivity (Wildman–Crippen MR) is 117 cm³/mol. The number of benzene rings is 2. The molecule has 148 valence electrons. The lowest BCUT2D eigenvalue weighted by Gasteiger charge is -2.10. The third kappa shape index (κ3) is 3.40. The minimum Gasteiger partial charge on any atom is -0.336 e. The Morgan fingerprint density at radius 3 is 2.72 bits per heavy atom. The molecule has 0 aliphatic carbocycles. The zero-order chi connectivity index (χ0) is 20.5. The van der Waals surface area contributed by atoms with E-state index in [1.165, 1.54) is 4.68 Å². The second-order valence-electron chi connectivity index (χ2n) is 7.00. The van der Waals surface area contributed by atoms with Gasteiger partial charge in [-0.05, 0) is 37.1 Å². The molecule has 29 heavy (non-hydrogen) atoms. The molecule has 0 saturated heterocycles.